The summed E-state index contributed by atoms with van der Waals surface area (Å²) in [6.07, 6.45) is 13.0. The minimum Gasteiger partial charge on any atom is -0.423 e. The van der Waals surface area contributed by atoms with Crippen LogP contribution in [0.25, 0.3) is 0 Å². The Labute approximate surface area is 131 Å². The average molecular weight is 304 g/mol. The minimum absolute atomic E-state index is 0.0517. The monoisotopic (exact) mass is 304 g/mol. The summed E-state index contributed by atoms with van der Waals surface area (Å²) >= 11 is 0. The second-order valence-electron chi connectivity index (χ2n) is 4.79. The van der Waals surface area contributed by atoms with E-state index in [1.807, 2.05) is 0 Å². The Hall–Kier alpha value is -2.21. The summed E-state index contributed by atoms with van der Waals surface area (Å²) in [4.78, 5) is 10.8. The Bertz CT molecular complexity index is 555. The standard InChI is InChI=1S/C8H10.C7H9N3O2.CH5N/c1-8-6-4-2-3-5-7-8;1-4-9-10-7(12-4)5-2-3-6(11)8-5;1-2/h2-4,6-7H,5H2,1H3;5H,2-3H2,1H3,(H,8,11);2H2,1H3. The van der Waals surface area contributed by atoms with E-state index in [1.165, 1.54) is 12.6 Å². The number of carbonyl (C=O) groups is 1. The number of nitrogens with two attached hydrogens (primary N) is 1. The number of hydrogen-bond donors (Lipinski definition) is 2. The maximum absolute atomic E-state index is 10.8. The molecule has 1 saturated heterocycles. The fourth-order valence-corrected chi connectivity index (χ4v) is 1.94. The third-order valence-corrected chi connectivity index (χ3v) is 3.02. The van der Waals surface area contributed by atoms with Crippen LogP contribution in [0.5, 0.6) is 0 Å². The zero-order chi connectivity index (χ0) is 16.4. The largest absolute Gasteiger partial charge is 0.423 e. The lowest BCUT2D eigenvalue weighted by molar-refractivity contribution is -0.119. The molecule has 1 atom stereocenters. The Morgan fingerprint density at radius 1 is 1.27 bits per heavy atom. The second kappa shape index (κ2) is 9.68. The normalized spacial score (nSPS) is 19.2. The first-order valence-corrected chi connectivity index (χ1v) is 7.32. The molecule has 0 aromatic carbocycles. The topological polar surface area (TPSA) is 94.0 Å². The van der Waals surface area contributed by atoms with Gasteiger partial charge in [0, 0.05) is 13.3 Å². The van der Waals surface area contributed by atoms with Gasteiger partial charge in [-0.15, -0.1) is 10.2 Å². The number of allylic oxidation sites excluding steroid dienone is 6. The number of carbonyl (C=O) groups excluding carboxylic acids is 1. The van der Waals surface area contributed by atoms with Gasteiger partial charge < -0.3 is 15.5 Å². The molecule has 0 spiro atoms. The lowest BCUT2D eigenvalue weighted by atomic mass is 10.2. The van der Waals surface area contributed by atoms with Crippen LogP contribution in [0.4, 0.5) is 0 Å². The van der Waals surface area contributed by atoms with Crippen LogP contribution in [0.1, 0.15) is 44.0 Å². The number of aryl methyl sites for hydroxylation is 1. The Balaban J connectivity index is 0.000000211. The van der Waals surface area contributed by atoms with Crippen LogP contribution in [0, 0.1) is 6.92 Å². The van der Waals surface area contributed by atoms with Gasteiger partial charge in [0.15, 0.2) is 0 Å². The maximum Gasteiger partial charge on any atom is 0.238 e. The molecule has 120 valence electrons. The molecule has 0 bridgehead atoms. The number of nitrogens with one attached hydrogen (secondary N) is 1. The molecular weight excluding hydrogens is 280 g/mol. The van der Waals surface area contributed by atoms with E-state index < -0.39 is 0 Å². The fraction of sp³-hybridized carbons (Fsp3) is 0.438. The van der Waals surface area contributed by atoms with Crippen molar-refractivity contribution in [3.8, 4) is 0 Å². The van der Waals surface area contributed by atoms with Crippen LogP contribution in [0.2, 0.25) is 0 Å². The smallest absolute Gasteiger partial charge is 0.238 e. The maximum atomic E-state index is 10.8. The Morgan fingerprint density at radius 3 is 2.64 bits per heavy atom. The molecule has 0 saturated carbocycles. The molecule has 2 aliphatic rings. The van der Waals surface area contributed by atoms with E-state index in [1.54, 1.807) is 6.92 Å². The Kier molecular flexibility index (Phi) is 7.85. The van der Waals surface area contributed by atoms with E-state index in [0.717, 1.165) is 12.8 Å². The Morgan fingerprint density at radius 2 is 2.05 bits per heavy atom. The highest BCUT2D eigenvalue weighted by Crippen LogP contribution is 2.21. The molecule has 1 aliphatic heterocycles. The fourth-order valence-electron chi connectivity index (χ4n) is 1.94. The van der Waals surface area contributed by atoms with Gasteiger partial charge in [-0.3, -0.25) is 4.79 Å². The van der Waals surface area contributed by atoms with Gasteiger partial charge in [0.2, 0.25) is 17.7 Å². The molecule has 6 nitrogen and oxygen atoms in total. The van der Waals surface area contributed by atoms with E-state index in [2.05, 4.69) is 58.6 Å². The second-order valence-corrected chi connectivity index (χ2v) is 4.79. The van der Waals surface area contributed by atoms with Gasteiger partial charge in [0.25, 0.3) is 0 Å². The highest BCUT2D eigenvalue weighted by Gasteiger charge is 2.26. The summed E-state index contributed by atoms with van der Waals surface area (Å²) in [7, 11) is 1.50. The SMILES string of the molecule is CC1=CCC=CC=C1.CN.Cc1nnc(C2CCC(=O)N2)o1. The summed E-state index contributed by atoms with van der Waals surface area (Å²) in [5.74, 6) is 1.10. The summed E-state index contributed by atoms with van der Waals surface area (Å²) in [6, 6.07) is -0.0706. The summed E-state index contributed by atoms with van der Waals surface area (Å²) in [6.45, 7) is 3.84. The molecule has 1 aliphatic carbocycles. The number of hydrogen-bond acceptors (Lipinski definition) is 5. The van der Waals surface area contributed by atoms with Crippen molar-refractivity contribution in [3.05, 3.63) is 47.7 Å². The molecule has 22 heavy (non-hydrogen) atoms. The molecule has 6 heteroatoms. The van der Waals surface area contributed by atoms with Crippen molar-refractivity contribution in [1.29, 1.82) is 0 Å². The molecule has 1 unspecified atom stereocenters. The summed E-state index contributed by atoms with van der Waals surface area (Å²) in [5, 5.41) is 10.3. The zero-order valence-corrected chi connectivity index (χ0v) is 13.4. The highest BCUT2D eigenvalue weighted by atomic mass is 16.4. The van der Waals surface area contributed by atoms with E-state index in [9.17, 15) is 4.79 Å². The van der Waals surface area contributed by atoms with Gasteiger partial charge in [-0.25, -0.2) is 0 Å². The minimum atomic E-state index is -0.0706. The van der Waals surface area contributed by atoms with Gasteiger partial charge in [-0.2, -0.15) is 0 Å². The van der Waals surface area contributed by atoms with Gasteiger partial charge in [0.1, 0.15) is 6.04 Å². The van der Waals surface area contributed by atoms with Gasteiger partial charge in [-0.1, -0.05) is 36.0 Å². The molecule has 3 rings (SSSR count). The first kappa shape index (κ1) is 17.8. The van der Waals surface area contributed by atoms with Crippen molar-refractivity contribution in [1.82, 2.24) is 15.5 Å². The molecule has 1 aromatic rings. The van der Waals surface area contributed by atoms with Crippen molar-refractivity contribution in [3.63, 3.8) is 0 Å². The van der Waals surface area contributed by atoms with Crippen molar-refractivity contribution in [2.75, 3.05) is 7.05 Å². The van der Waals surface area contributed by atoms with E-state index in [-0.39, 0.29) is 11.9 Å². The van der Waals surface area contributed by atoms with Crippen molar-refractivity contribution >= 4 is 5.91 Å². The summed E-state index contributed by atoms with van der Waals surface area (Å²) < 4.78 is 5.18. The van der Waals surface area contributed by atoms with Crippen LogP contribution in [-0.2, 0) is 4.79 Å². The molecule has 1 amide bonds. The van der Waals surface area contributed by atoms with Crippen LogP contribution < -0.4 is 11.1 Å². The lowest BCUT2D eigenvalue weighted by Crippen LogP contribution is -2.18. The predicted molar refractivity (Wildman–Crippen MR) is 85.9 cm³/mol. The number of rotatable bonds is 1. The van der Waals surface area contributed by atoms with Gasteiger partial charge in [-0.05, 0) is 26.8 Å². The first-order chi connectivity index (χ1) is 10.6. The van der Waals surface area contributed by atoms with Crippen LogP contribution >= 0.6 is 0 Å². The highest BCUT2D eigenvalue weighted by molar-refractivity contribution is 5.78. The quantitative estimate of drug-likeness (QED) is 0.830. The van der Waals surface area contributed by atoms with E-state index in [0.29, 0.717) is 18.2 Å². The van der Waals surface area contributed by atoms with Crippen LogP contribution in [-0.4, -0.2) is 23.2 Å². The lowest BCUT2D eigenvalue weighted by Gasteiger charge is -2.01. The molecule has 1 fully saturated rings. The average Bonchev–Trinajstić information content (AvgIpc) is 3.07. The molecule has 1 aromatic heterocycles. The van der Waals surface area contributed by atoms with Gasteiger partial charge in [0.05, 0.1) is 0 Å². The first-order valence-electron chi connectivity index (χ1n) is 7.32. The van der Waals surface area contributed by atoms with Crippen molar-refractivity contribution < 1.29 is 9.21 Å². The predicted octanol–water partition coefficient (Wildman–Crippen LogP) is 2.35. The molecule has 2 heterocycles. The zero-order valence-electron chi connectivity index (χ0n) is 13.4. The van der Waals surface area contributed by atoms with E-state index >= 15 is 0 Å². The molecular formula is C16H24N4O2. The third kappa shape index (κ3) is 6.05. The third-order valence-electron chi connectivity index (χ3n) is 3.02. The molecule has 3 N–H and O–H groups in total. The van der Waals surface area contributed by atoms with Crippen molar-refractivity contribution in [2.24, 2.45) is 5.73 Å². The van der Waals surface area contributed by atoms with Gasteiger partial charge >= 0.3 is 0 Å². The molecule has 0 radical (unpaired) electrons. The van der Waals surface area contributed by atoms with Crippen molar-refractivity contribution in [2.45, 2.75) is 39.2 Å². The van der Waals surface area contributed by atoms with Crippen LogP contribution in [0.3, 0.4) is 0 Å². The summed E-state index contributed by atoms with van der Waals surface area (Å²) in [5.41, 5.74) is 5.86. The number of aromatic nitrogens is 2. The number of amides is 1. The number of nitrogens with zero attached hydrogens (tertiary/aromatic N) is 2. The van der Waals surface area contributed by atoms with Crippen LogP contribution in [0.15, 0.2) is 40.4 Å². The van der Waals surface area contributed by atoms with E-state index in [4.69, 9.17) is 4.42 Å².